The van der Waals surface area contributed by atoms with Crippen LogP contribution in [0, 0.1) is 23.7 Å². The zero-order valence-corrected chi connectivity index (χ0v) is 9.65. The van der Waals surface area contributed by atoms with E-state index in [0.29, 0.717) is 5.41 Å². The van der Waals surface area contributed by atoms with Crippen molar-refractivity contribution in [2.45, 2.75) is 54.4 Å². The van der Waals surface area contributed by atoms with Crippen molar-refractivity contribution < 1.29 is 0 Å². The Hall–Kier alpha value is 0. The van der Waals surface area contributed by atoms with Crippen molar-refractivity contribution in [3.05, 3.63) is 6.42 Å². The summed E-state index contributed by atoms with van der Waals surface area (Å²) in [6.07, 6.45) is 5.01. The quantitative estimate of drug-likeness (QED) is 0.588. The molecule has 0 amide bonds. The summed E-state index contributed by atoms with van der Waals surface area (Å²) in [7, 11) is 0. The van der Waals surface area contributed by atoms with Crippen LogP contribution in [0.1, 0.15) is 54.4 Å². The number of hydrogen-bond donors (Lipinski definition) is 0. The van der Waals surface area contributed by atoms with Gasteiger partial charge in [-0.15, -0.1) is 0 Å². The molecule has 0 aliphatic heterocycles. The summed E-state index contributed by atoms with van der Waals surface area (Å²) in [5.74, 6) is 1.58. The van der Waals surface area contributed by atoms with E-state index in [1.165, 1.54) is 12.8 Å². The molecular weight excluding hydrogens is 144 g/mol. The molecule has 0 aliphatic carbocycles. The van der Waals surface area contributed by atoms with Crippen molar-refractivity contribution in [3.63, 3.8) is 0 Å². The molecule has 0 saturated carbocycles. The molecule has 0 aliphatic rings. The van der Waals surface area contributed by atoms with Crippen LogP contribution >= 0.6 is 0 Å². The lowest BCUT2D eigenvalue weighted by Gasteiger charge is -2.27. The van der Waals surface area contributed by atoms with Crippen molar-refractivity contribution >= 4 is 0 Å². The van der Waals surface area contributed by atoms with Gasteiger partial charge in [-0.2, -0.15) is 0 Å². The molecule has 2 unspecified atom stereocenters. The van der Waals surface area contributed by atoms with Gasteiger partial charge in [0.1, 0.15) is 0 Å². The van der Waals surface area contributed by atoms with Gasteiger partial charge < -0.3 is 0 Å². The lowest BCUT2D eigenvalue weighted by atomic mass is 9.78. The van der Waals surface area contributed by atoms with Gasteiger partial charge in [0.05, 0.1) is 0 Å². The molecule has 73 valence electrons. The van der Waals surface area contributed by atoms with Crippen molar-refractivity contribution in [2.24, 2.45) is 17.3 Å². The predicted octanol–water partition coefficient (Wildman–Crippen LogP) is 4.31. The largest absolute Gasteiger partial charge is 0.0651 e. The Morgan fingerprint density at radius 1 is 1.17 bits per heavy atom. The van der Waals surface area contributed by atoms with Gasteiger partial charge in [0.2, 0.25) is 0 Å². The Morgan fingerprint density at radius 2 is 1.67 bits per heavy atom. The van der Waals surface area contributed by atoms with Crippen molar-refractivity contribution in [1.29, 1.82) is 0 Å². The Kier molecular flexibility index (Phi) is 4.89. The van der Waals surface area contributed by atoms with E-state index >= 15 is 0 Å². The lowest BCUT2D eigenvalue weighted by molar-refractivity contribution is 0.253. The first-order valence-electron chi connectivity index (χ1n) is 5.21. The van der Waals surface area contributed by atoms with Crippen molar-refractivity contribution in [1.82, 2.24) is 0 Å². The standard InChI is InChI=1S/C12H25/c1-7-10(2)8-9-11(3)12(4,5)6/h8,10-11H,7,9H2,1-6H3. The maximum absolute atomic E-state index is 2.47. The van der Waals surface area contributed by atoms with Gasteiger partial charge in [0, 0.05) is 0 Å². The molecule has 0 bridgehead atoms. The monoisotopic (exact) mass is 169 g/mol. The summed E-state index contributed by atoms with van der Waals surface area (Å²) < 4.78 is 0. The highest BCUT2D eigenvalue weighted by molar-refractivity contribution is 4.79. The summed E-state index contributed by atoms with van der Waals surface area (Å²) in [5, 5.41) is 0. The van der Waals surface area contributed by atoms with E-state index in [9.17, 15) is 0 Å². The third-order valence-electron chi connectivity index (χ3n) is 3.01. The van der Waals surface area contributed by atoms with E-state index in [2.05, 4.69) is 48.0 Å². The molecule has 0 heteroatoms. The topological polar surface area (TPSA) is 0 Å². The molecule has 0 fully saturated rings. The van der Waals surface area contributed by atoms with Crippen LogP contribution in [0.3, 0.4) is 0 Å². The van der Waals surface area contributed by atoms with Crippen molar-refractivity contribution in [2.75, 3.05) is 0 Å². The molecule has 0 aromatic carbocycles. The Bertz CT molecular complexity index is 108. The van der Waals surface area contributed by atoms with Crippen LogP contribution in [-0.2, 0) is 0 Å². The fourth-order valence-electron chi connectivity index (χ4n) is 0.957. The summed E-state index contributed by atoms with van der Waals surface area (Å²) >= 11 is 0. The Labute approximate surface area is 78.8 Å². The second-order valence-corrected chi connectivity index (χ2v) is 5.12. The van der Waals surface area contributed by atoms with Crippen LogP contribution in [0.4, 0.5) is 0 Å². The SMILES string of the molecule is CCC(C)[CH]CC(C)C(C)(C)C. The lowest BCUT2D eigenvalue weighted by Crippen LogP contribution is -2.18. The van der Waals surface area contributed by atoms with E-state index in [0.717, 1.165) is 11.8 Å². The van der Waals surface area contributed by atoms with Gasteiger partial charge in [-0.25, -0.2) is 0 Å². The van der Waals surface area contributed by atoms with Gasteiger partial charge in [-0.3, -0.25) is 0 Å². The van der Waals surface area contributed by atoms with E-state index in [4.69, 9.17) is 0 Å². The first-order chi connectivity index (χ1) is 5.38. The maximum atomic E-state index is 2.47. The second kappa shape index (κ2) is 4.89. The van der Waals surface area contributed by atoms with E-state index in [1.54, 1.807) is 0 Å². The molecule has 1 radical (unpaired) electrons. The maximum Gasteiger partial charge on any atom is -0.0355 e. The molecule has 2 atom stereocenters. The van der Waals surface area contributed by atoms with Crippen LogP contribution in [0.5, 0.6) is 0 Å². The Balaban J connectivity index is 3.64. The van der Waals surface area contributed by atoms with E-state index in [1.807, 2.05) is 0 Å². The molecule has 0 aromatic rings. The highest BCUT2D eigenvalue weighted by Crippen LogP contribution is 2.30. The van der Waals surface area contributed by atoms with Crippen LogP contribution < -0.4 is 0 Å². The van der Waals surface area contributed by atoms with Crippen LogP contribution in [-0.4, -0.2) is 0 Å². The summed E-state index contributed by atoms with van der Waals surface area (Å²) in [5.41, 5.74) is 0.462. The molecule has 0 spiro atoms. The predicted molar refractivity (Wildman–Crippen MR) is 57.0 cm³/mol. The first-order valence-corrected chi connectivity index (χ1v) is 5.21. The van der Waals surface area contributed by atoms with Gasteiger partial charge in [-0.1, -0.05) is 48.0 Å². The molecule has 12 heavy (non-hydrogen) atoms. The molecule has 0 saturated heterocycles. The van der Waals surface area contributed by atoms with Crippen LogP contribution in [0.25, 0.3) is 0 Å². The average Bonchev–Trinajstić information content (AvgIpc) is 1.97. The van der Waals surface area contributed by atoms with Crippen LogP contribution in [0.15, 0.2) is 0 Å². The zero-order valence-electron chi connectivity index (χ0n) is 9.65. The summed E-state index contributed by atoms with van der Waals surface area (Å²) in [6, 6.07) is 0. The number of rotatable bonds is 4. The smallest absolute Gasteiger partial charge is 0.0355 e. The molecular formula is C12H25. The Morgan fingerprint density at radius 3 is 2.00 bits per heavy atom. The normalized spacial score (nSPS) is 17.5. The fourth-order valence-corrected chi connectivity index (χ4v) is 0.957. The van der Waals surface area contributed by atoms with Gasteiger partial charge in [0.15, 0.2) is 0 Å². The third kappa shape index (κ3) is 4.79. The molecule has 0 heterocycles. The zero-order chi connectivity index (χ0) is 9.78. The fraction of sp³-hybridized carbons (Fsp3) is 0.917. The van der Waals surface area contributed by atoms with Gasteiger partial charge in [-0.05, 0) is 30.1 Å². The highest BCUT2D eigenvalue weighted by Gasteiger charge is 2.19. The second-order valence-electron chi connectivity index (χ2n) is 5.12. The van der Waals surface area contributed by atoms with Gasteiger partial charge >= 0.3 is 0 Å². The van der Waals surface area contributed by atoms with E-state index in [-0.39, 0.29) is 0 Å². The summed E-state index contributed by atoms with van der Waals surface area (Å²) in [4.78, 5) is 0. The van der Waals surface area contributed by atoms with E-state index < -0.39 is 0 Å². The minimum absolute atomic E-state index is 0.462. The van der Waals surface area contributed by atoms with Gasteiger partial charge in [0.25, 0.3) is 0 Å². The number of hydrogen-bond acceptors (Lipinski definition) is 0. The van der Waals surface area contributed by atoms with Crippen molar-refractivity contribution in [3.8, 4) is 0 Å². The first kappa shape index (κ1) is 12.0. The minimum atomic E-state index is 0.462. The average molecular weight is 169 g/mol. The molecule has 0 nitrogen and oxygen atoms in total. The highest BCUT2D eigenvalue weighted by atomic mass is 14.2. The third-order valence-corrected chi connectivity index (χ3v) is 3.01. The molecule has 0 rings (SSSR count). The molecule has 0 N–H and O–H groups in total. The van der Waals surface area contributed by atoms with Crippen LogP contribution in [0.2, 0.25) is 0 Å². The molecule has 0 aromatic heterocycles. The summed E-state index contributed by atoms with van der Waals surface area (Å²) in [6.45, 7) is 13.9. The minimum Gasteiger partial charge on any atom is -0.0651 e.